The Labute approximate surface area is 155 Å². The van der Waals surface area contributed by atoms with E-state index < -0.39 is 0 Å². The molecule has 2 N–H and O–H groups in total. The number of nitrogens with zero attached hydrogens (tertiary/aromatic N) is 4. The predicted molar refractivity (Wildman–Crippen MR) is 102 cm³/mol. The molecule has 0 spiro atoms. The molecule has 1 saturated heterocycles. The molecule has 0 unspecified atom stereocenters. The molecular formula is C18H21N5O2S. The summed E-state index contributed by atoms with van der Waals surface area (Å²) in [5.74, 6) is 0.163. The molecule has 2 aromatic heterocycles. The third-order valence-corrected chi connectivity index (χ3v) is 5.29. The molecule has 1 fully saturated rings. The molecule has 3 heterocycles. The molecule has 1 aromatic carbocycles. The summed E-state index contributed by atoms with van der Waals surface area (Å²) in [6, 6.07) is 8.40. The quantitative estimate of drug-likeness (QED) is 0.758. The van der Waals surface area contributed by atoms with Crippen LogP contribution in [0.4, 0.5) is 11.1 Å². The van der Waals surface area contributed by atoms with E-state index in [0.29, 0.717) is 30.5 Å². The van der Waals surface area contributed by atoms with Crippen molar-refractivity contribution in [1.82, 2.24) is 14.9 Å². The number of benzene rings is 1. The van der Waals surface area contributed by atoms with Crippen molar-refractivity contribution in [3.8, 4) is 0 Å². The maximum atomic E-state index is 12.5. The molecule has 0 atom stereocenters. The summed E-state index contributed by atoms with van der Waals surface area (Å²) in [7, 11) is 0. The van der Waals surface area contributed by atoms with E-state index in [2.05, 4.69) is 14.9 Å². The van der Waals surface area contributed by atoms with Crippen LogP contribution in [-0.4, -0.2) is 47.0 Å². The molecule has 0 bridgehead atoms. The fraction of sp³-hybridized carbons (Fsp3) is 0.389. The van der Waals surface area contributed by atoms with Crippen molar-refractivity contribution >= 4 is 39.5 Å². The maximum Gasteiger partial charge on any atom is 0.298 e. The minimum atomic E-state index is 0.163. The van der Waals surface area contributed by atoms with Crippen LogP contribution in [0.15, 0.2) is 34.1 Å². The van der Waals surface area contributed by atoms with Crippen molar-refractivity contribution < 1.29 is 9.21 Å². The Morgan fingerprint density at radius 3 is 2.88 bits per heavy atom. The van der Waals surface area contributed by atoms with Crippen molar-refractivity contribution in [2.75, 3.05) is 36.8 Å². The van der Waals surface area contributed by atoms with Gasteiger partial charge in [-0.3, -0.25) is 4.79 Å². The van der Waals surface area contributed by atoms with Crippen LogP contribution in [0.25, 0.3) is 11.1 Å². The van der Waals surface area contributed by atoms with Crippen molar-refractivity contribution in [3.63, 3.8) is 0 Å². The lowest BCUT2D eigenvalue weighted by atomic mass is 10.2. The van der Waals surface area contributed by atoms with E-state index in [0.717, 1.165) is 42.8 Å². The molecule has 1 aliphatic heterocycles. The van der Waals surface area contributed by atoms with E-state index in [1.165, 1.54) is 11.3 Å². The van der Waals surface area contributed by atoms with Crippen LogP contribution in [0.1, 0.15) is 18.5 Å². The molecule has 0 aliphatic carbocycles. The van der Waals surface area contributed by atoms with E-state index in [-0.39, 0.29) is 5.91 Å². The van der Waals surface area contributed by atoms with Crippen molar-refractivity contribution in [2.45, 2.75) is 19.3 Å². The number of aromatic nitrogens is 2. The van der Waals surface area contributed by atoms with Crippen LogP contribution in [0.2, 0.25) is 0 Å². The standard InChI is InChI=1S/C18H21N5O2S/c19-17-20-13(12-26-17)6-7-16(24)22-8-3-9-23(11-10-22)18-21-14-4-1-2-5-15(14)25-18/h1-2,4-5,12H,3,6-11H2,(H2,19,20). The maximum absolute atomic E-state index is 12.5. The fourth-order valence-corrected chi connectivity index (χ4v) is 3.78. The molecule has 3 aromatic rings. The molecule has 1 amide bonds. The molecule has 0 saturated carbocycles. The Balaban J connectivity index is 1.35. The molecule has 1 aliphatic rings. The smallest absolute Gasteiger partial charge is 0.298 e. The predicted octanol–water partition coefficient (Wildman–Crippen LogP) is 2.54. The summed E-state index contributed by atoms with van der Waals surface area (Å²) in [5, 5.41) is 2.47. The monoisotopic (exact) mass is 371 g/mol. The van der Waals surface area contributed by atoms with Crippen LogP contribution >= 0.6 is 11.3 Å². The van der Waals surface area contributed by atoms with E-state index >= 15 is 0 Å². The number of carbonyl (C=O) groups is 1. The molecule has 4 rings (SSSR count). The van der Waals surface area contributed by atoms with Gasteiger partial charge in [-0.25, -0.2) is 4.98 Å². The number of rotatable bonds is 4. The molecule has 8 heteroatoms. The van der Waals surface area contributed by atoms with Gasteiger partial charge in [0.05, 0.1) is 5.69 Å². The van der Waals surface area contributed by atoms with Gasteiger partial charge in [0, 0.05) is 38.0 Å². The van der Waals surface area contributed by atoms with Crippen LogP contribution in [-0.2, 0) is 11.2 Å². The van der Waals surface area contributed by atoms with Crippen LogP contribution in [0, 0.1) is 0 Å². The summed E-state index contributed by atoms with van der Waals surface area (Å²) >= 11 is 1.41. The third kappa shape index (κ3) is 3.65. The SMILES string of the molecule is Nc1nc(CCC(=O)N2CCCN(c3nc4ccccc4o3)CC2)cs1. The number of amides is 1. The second kappa shape index (κ2) is 7.33. The number of hydrogen-bond donors (Lipinski definition) is 1. The van der Waals surface area contributed by atoms with Crippen LogP contribution in [0.3, 0.4) is 0 Å². The van der Waals surface area contributed by atoms with Crippen molar-refractivity contribution in [1.29, 1.82) is 0 Å². The molecular weight excluding hydrogens is 350 g/mol. The van der Waals surface area contributed by atoms with Gasteiger partial charge in [0.2, 0.25) is 5.91 Å². The number of nitrogen functional groups attached to an aromatic ring is 1. The largest absolute Gasteiger partial charge is 0.423 e. The Hall–Kier alpha value is -2.61. The average molecular weight is 371 g/mol. The van der Waals surface area contributed by atoms with Gasteiger partial charge in [-0.15, -0.1) is 11.3 Å². The third-order valence-electron chi connectivity index (χ3n) is 4.57. The van der Waals surface area contributed by atoms with Crippen LogP contribution < -0.4 is 10.6 Å². The van der Waals surface area contributed by atoms with Crippen molar-refractivity contribution in [3.05, 3.63) is 35.3 Å². The van der Waals surface area contributed by atoms with Gasteiger partial charge >= 0.3 is 0 Å². The normalized spacial score (nSPS) is 15.4. The highest BCUT2D eigenvalue weighted by atomic mass is 32.1. The molecule has 136 valence electrons. The summed E-state index contributed by atoms with van der Waals surface area (Å²) in [6.45, 7) is 2.99. The lowest BCUT2D eigenvalue weighted by Crippen LogP contribution is -2.35. The summed E-state index contributed by atoms with van der Waals surface area (Å²) in [5.41, 5.74) is 8.19. The van der Waals surface area contributed by atoms with E-state index in [1.807, 2.05) is 34.5 Å². The number of fused-ring (bicyclic) bond motifs is 1. The average Bonchev–Trinajstić information content (AvgIpc) is 3.18. The van der Waals surface area contributed by atoms with Gasteiger partial charge in [0.1, 0.15) is 5.52 Å². The zero-order chi connectivity index (χ0) is 17.9. The number of aryl methyl sites for hydroxylation is 1. The first-order chi connectivity index (χ1) is 12.7. The topological polar surface area (TPSA) is 88.5 Å². The number of carbonyl (C=O) groups excluding carboxylic acids is 1. The second-order valence-corrected chi connectivity index (χ2v) is 7.25. The first-order valence-corrected chi connectivity index (χ1v) is 9.65. The summed E-state index contributed by atoms with van der Waals surface area (Å²) in [4.78, 5) is 25.4. The zero-order valence-electron chi connectivity index (χ0n) is 14.4. The van der Waals surface area contributed by atoms with Gasteiger partial charge in [-0.05, 0) is 25.0 Å². The van der Waals surface area contributed by atoms with Crippen LogP contribution in [0.5, 0.6) is 0 Å². The molecule has 0 radical (unpaired) electrons. The number of hydrogen-bond acceptors (Lipinski definition) is 7. The van der Waals surface area contributed by atoms with Crippen molar-refractivity contribution in [2.24, 2.45) is 0 Å². The Morgan fingerprint density at radius 2 is 2.08 bits per heavy atom. The van der Waals surface area contributed by atoms with E-state index in [9.17, 15) is 4.79 Å². The lowest BCUT2D eigenvalue weighted by Gasteiger charge is -2.21. The van der Waals surface area contributed by atoms with E-state index in [4.69, 9.17) is 10.2 Å². The number of nitrogens with two attached hydrogens (primary N) is 1. The summed E-state index contributed by atoms with van der Waals surface area (Å²) < 4.78 is 5.86. The molecule has 26 heavy (non-hydrogen) atoms. The number of anilines is 2. The highest BCUT2D eigenvalue weighted by molar-refractivity contribution is 7.13. The Morgan fingerprint density at radius 1 is 1.19 bits per heavy atom. The highest BCUT2D eigenvalue weighted by Crippen LogP contribution is 2.22. The molecule has 7 nitrogen and oxygen atoms in total. The number of para-hydroxylation sites is 2. The zero-order valence-corrected chi connectivity index (χ0v) is 15.2. The number of oxazole rings is 1. The van der Waals surface area contributed by atoms with Gasteiger partial charge in [0.15, 0.2) is 10.7 Å². The van der Waals surface area contributed by atoms with Gasteiger partial charge in [0.25, 0.3) is 6.01 Å². The number of thiazole rings is 1. The van der Waals surface area contributed by atoms with E-state index in [1.54, 1.807) is 0 Å². The fourth-order valence-electron chi connectivity index (χ4n) is 3.18. The Kier molecular flexibility index (Phi) is 4.75. The van der Waals surface area contributed by atoms with Gasteiger partial charge in [-0.2, -0.15) is 4.98 Å². The minimum absolute atomic E-state index is 0.163. The van der Waals surface area contributed by atoms with Gasteiger partial charge < -0.3 is 20.0 Å². The summed E-state index contributed by atoms with van der Waals surface area (Å²) in [6.07, 6.45) is 2.00. The first-order valence-electron chi connectivity index (χ1n) is 8.77. The first kappa shape index (κ1) is 16.8. The minimum Gasteiger partial charge on any atom is -0.423 e. The lowest BCUT2D eigenvalue weighted by molar-refractivity contribution is -0.130. The highest BCUT2D eigenvalue weighted by Gasteiger charge is 2.22. The van der Waals surface area contributed by atoms with Gasteiger partial charge in [-0.1, -0.05) is 12.1 Å². The Bertz CT molecular complexity index is 873. The second-order valence-electron chi connectivity index (χ2n) is 6.36.